The van der Waals surface area contributed by atoms with E-state index >= 15 is 0 Å². The predicted molar refractivity (Wildman–Crippen MR) is 104 cm³/mol. The molecule has 142 valence electrons. The SMILES string of the molecule is CCn1c(CNC(=O)c2cccnc2SCc2c(C)noc2C)n[nH]c1=S. The van der Waals surface area contributed by atoms with Crippen molar-refractivity contribution in [2.45, 2.75) is 44.6 Å². The quantitative estimate of drug-likeness (QED) is 0.460. The second kappa shape index (κ2) is 8.49. The number of aromatic nitrogens is 5. The fourth-order valence-electron chi connectivity index (χ4n) is 2.59. The van der Waals surface area contributed by atoms with Crippen molar-refractivity contribution < 1.29 is 9.32 Å². The van der Waals surface area contributed by atoms with Crippen LogP contribution in [-0.4, -0.2) is 30.8 Å². The molecule has 3 aromatic heterocycles. The van der Waals surface area contributed by atoms with Gasteiger partial charge in [0.15, 0.2) is 10.6 Å². The van der Waals surface area contributed by atoms with Gasteiger partial charge in [0.05, 0.1) is 17.8 Å². The largest absolute Gasteiger partial charge is 0.361 e. The third kappa shape index (κ3) is 4.28. The van der Waals surface area contributed by atoms with E-state index in [-0.39, 0.29) is 12.5 Å². The third-order valence-corrected chi connectivity index (χ3v) is 5.45. The van der Waals surface area contributed by atoms with Crippen molar-refractivity contribution in [3.63, 3.8) is 0 Å². The summed E-state index contributed by atoms with van der Waals surface area (Å²) in [6, 6.07) is 3.51. The van der Waals surface area contributed by atoms with Gasteiger partial charge in [-0.05, 0) is 45.1 Å². The van der Waals surface area contributed by atoms with Crippen LogP contribution in [0.3, 0.4) is 0 Å². The lowest BCUT2D eigenvalue weighted by Gasteiger charge is -2.09. The molecule has 0 radical (unpaired) electrons. The van der Waals surface area contributed by atoms with E-state index < -0.39 is 0 Å². The second-order valence-electron chi connectivity index (χ2n) is 5.82. The molecule has 0 aromatic carbocycles. The Morgan fingerprint density at radius 1 is 1.44 bits per heavy atom. The van der Waals surface area contributed by atoms with E-state index in [1.54, 1.807) is 18.3 Å². The Balaban J connectivity index is 1.71. The zero-order valence-corrected chi connectivity index (χ0v) is 16.9. The van der Waals surface area contributed by atoms with Gasteiger partial charge in [0, 0.05) is 24.1 Å². The Bertz CT molecular complexity index is 988. The monoisotopic (exact) mass is 404 g/mol. The smallest absolute Gasteiger partial charge is 0.254 e. The maximum absolute atomic E-state index is 12.7. The number of nitrogens with one attached hydrogen (secondary N) is 2. The first-order valence-electron chi connectivity index (χ1n) is 8.43. The van der Waals surface area contributed by atoms with E-state index in [4.69, 9.17) is 16.7 Å². The minimum atomic E-state index is -0.207. The highest BCUT2D eigenvalue weighted by atomic mass is 32.2. The van der Waals surface area contributed by atoms with Crippen LogP contribution in [0.4, 0.5) is 0 Å². The first kappa shape index (κ1) is 19.3. The molecule has 1 amide bonds. The van der Waals surface area contributed by atoms with Gasteiger partial charge in [-0.1, -0.05) is 5.16 Å². The van der Waals surface area contributed by atoms with Gasteiger partial charge in [-0.25, -0.2) is 4.98 Å². The fourth-order valence-corrected chi connectivity index (χ4v) is 4.02. The predicted octanol–water partition coefficient (Wildman–Crippen LogP) is 3.18. The number of carbonyl (C=O) groups excluding carboxylic acids is 1. The lowest BCUT2D eigenvalue weighted by Crippen LogP contribution is -2.25. The minimum Gasteiger partial charge on any atom is -0.361 e. The summed E-state index contributed by atoms with van der Waals surface area (Å²) < 4.78 is 7.57. The Morgan fingerprint density at radius 2 is 2.26 bits per heavy atom. The second-order valence-corrected chi connectivity index (χ2v) is 7.17. The van der Waals surface area contributed by atoms with E-state index in [2.05, 4.69) is 25.7 Å². The Kier molecular flexibility index (Phi) is 6.07. The number of amides is 1. The lowest BCUT2D eigenvalue weighted by atomic mass is 10.2. The van der Waals surface area contributed by atoms with Crippen molar-refractivity contribution in [1.82, 2.24) is 30.2 Å². The molecule has 8 nitrogen and oxygen atoms in total. The van der Waals surface area contributed by atoms with Gasteiger partial charge in [0.1, 0.15) is 10.8 Å². The topological polar surface area (TPSA) is 102 Å². The number of thioether (sulfide) groups is 1. The average Bonchev–Trinajstić information content (AvgIpc) is 3.19. The number of aryl methyl sites for hydroxylation is 2. The molecule has 0 atom stereocenters. The van der Waals surface area contributed by atoms with E-state index in [0.717, 1.165) is 17.0 Å². The van der Waals surface area contributed by atoms with Crippen molar-refractivity contribution in [3.05, 3.63) is 51.5 Å². The summed E-state index contributed by atoms with van der Waals surface area (Å²) in [5.41, 5.74) is 2.39. The molecule has 0 spiro atoms. The van der Waals surface area contributed by atoms with Crippen LogP contribution < -0.4 is 5.32 Å². The molecule has 0 bridgehead atoms. The number of rotatable bonds is 7. The zero-order valence-electron chi connectivity index (χ0n) is 15.3. The number of hydrogen-bond acceptors (Lipinski definition) is 7. The summed E-state index contributed by atoms with van der Waals surface area (Å²) in [5, 5.41) is 14.4. The van der Waals surface area contributed by atoms with Crippen LogP contribution >= 0.6 is 24.0 Å². The van der Waals surface area contributed by atoms with E-state index in [1.165, 1.54) is 11.8 Å². The number of pyridine rings is 1. The number of nitrogens with zero attached hydrogens (tertiary/aromatic N) is 4. The Morgan fingerprint density at radius 3 is 2.96 bits per heavy atom. The molecule has 2 N–H and O–H groups in total. The molecule has 27 heavy (non-hydrogen) atoms. The third-order valence-electron chi connectivity index (χ3n) is 4.11. The van der Waals surface area contributed by atoms with Crippen LogP contribution in [-0.2, 0) is 18.8 Å². The molecule has 0 saturated heterocycles. The van der Waals surface area contributed by atoms with Gasteiger partial charge in [0.2, 0.25) is 0 Å². The van der Waals surface area contributed by atoms with E-state index in [9.17, 15) is 4.79 Å². The lowest BCUT2D eigenvalue weighted by molar-refractivity contribution is 0.0945. The highest BCUT2D eigenvalue weighted by Crippen LogP contribution is 2.27. The van der Waals surface area contributed by atoms with Crippen LogP contribution in [0, 0.1) is 18.6 Å². The average molecular weight is 405 g/mol. The molecule has 3 aromatic rings. The summed E-state index contributed by atoms with van der Waals surface area (Å²) in [6.45, 7) is 6.72. The van der Waals surface area contributed by atoms with Crippen molar-refractivity contribution in [2.24, 2.45) is 0 Å². The van der Waals surface area contributed by atoms with Crippen molar-refractivity contribution in [2.75, 3.05) is 0 Å². The summed E-state index contributed by atoms with van der Waals surface area (Å²) >= 11 is 6.65. The molecular weight excluding hydrogens is 384 g/mol. The summed E-state index contributed by atoms with van der Waals surface area (Å²) in [7, 11) is 0. The minimum absolute atomic E-state index is 0.207. The van der Waals surface area contributed by atoms with Gasteiger partial charge in [0.25, 0.3) is 5.91 Å². The van der Waals surface area contributed by atoms with Gasteiger partial charge >= 0.3 is 0 Å². The molecule has 0 aliphatic heterocycles. The van der Waals surface area contributed by atoms with Gasteiger partial charge in [-0.3, -0.25) is 9.89 Å². The molecular formula is C17H20N6O2S2. The van der Waals surface area contributed by atoms with Crippen LogP contribution in [0.1, 0.15) is 40.1 Å². The Hall–Kier alpha value is -2.46. The number of aromatic amines is 1. The first-order chi connectivity index (χ1) is 13.0. The van der Waals surface area contributed by atoms with Crippen LogP contribution in [0.15, 0.2) is 27.9 Å². The highest BCUT2D eigenvalue weighted by molar-refractivity contribution is 7.98. The zero-order chi connectivity index (χ0) is 19.4. The molecule has 3 rings (SSSR count). The molecule has 0 unspecified atom stereocenters. The van der Waals surface area contributed by atoms with Gasteiger partial charge in [-0.2, -0.15) is 5.10 Å². The van der Waals surface area contributed by atoms with Gasteiger partial charge in [-0.15, -0.1) is 11.8 Å². The molecule has 0 fully saturated rings. The van der Waals surface area contributed by atoms with Crippen LogP contribution in [0.5, 0.6) is 0 Å². The molecule has 3 heterocycles. The van der Waals surface area contributed by atoms with Gasteiger partial charge < -0.3 is 14.4 Å². The van der Waals surface area contributed by atoms with Crippen LogP contribution in [0.25, 0.3) is 0 Å². The first-order valence-corrected chi connectivity index (χ1v) is 9.82. The fraction of sp³-hybridized carbons (Fsp3) is 0.353. The summed E-state index contributed by atoms with van der Waals surface area (Å²) in [6.07, 6.45) is 1.68. The van der Waals surface area contributed by atoms with E-state index in [0.29, 0.717) is 33.5 Å². The maximum atomic E-state index is 12.7. The Labute approximate surface area is 165 Å². The maximum Gasteiger partial charge on any atom is 0.254 e. The molecule has 10 heteroatoms. The van der Waals surface area contributed by atoms with Crippen molar-refractivity contribution in [3.8, 4) is 0 Å². The summed E-state index contributed by atoms with van der Waals surface area (Å²) in [4.78, 5) is 17.0. The normalized spacial score (nSPS) is 10.9. The van der Waals surface area contributed by atoms with E-state index in [1.807, 2.05) is 25.3 Å². The summed E-state index contributed by atoms with van der Waals surface area (Å²) in [5.74, 6) is 1.89. The molecule has 0 aliphatic rings. The molecule has 0 saturated carbocycles. The number of carbonyl (C=O) groups is 1. The highest BCUT2D eigenvalue weighted by Gasteiger charge is 2.16. The van der Waals surface area contributed by atoms with Crippen molar-refractivity contribution >= 4 is 29.9 Å². The number of H-pyrrole nitrogens is 1. The van der Waals surface area contributed by atoms with Crippen LogP contribution in [0.2, 0.25) is 0 Å². The van der Waals surface area contributed by atoms with Crippen molar-refractivity contribution in [1.29, 1.82) is 0 Å². The molecule has 0 aliphatic carbocycles. The number of hydrogen-bond donors (Lipinski definition) is 2. The standard InChI is InChI=1S/C17H20N6O2S2/c1-4-23-14(20-21-17(23)26)8-19-15(24)12-6-5-7-18-16(12)27-9-13-10(2)22-25-11(13)3/h5-7H,4,8-9H2,1-3H3,(H,19,24)(H,21,26).